The van der Waals surface area contributed by atoms with E-state index in [0.717, 1.165) is 12.1 Å². The molecule has 0 unspecified atom stereocenters. The van der Waals surface area contributed by atoms with Crippen LogP contribution >= 0.6 is 0 Å². The normalized spacial score (nSPS) is 10.1. The summed E-state index contributed by atoms with van der Waals surface area (Å²) in [4.78, 5) is 11.5. The van der Waals surface area contributed by atoms with E-state index in [1.54, 1.807) is 7.05 Å². The van der Waals surface area contributed by atoms with E-state index in [-0.39, 0.29) is 23.6 Å². The summed E-state index contributed by atoms with van der Waals surface area (Å²) in [7, 11) is 2.91. The minimum absolute atomic E-state index is 0.00625. The number of carbonyl (C=O) groups is 1. The van der Waals surface area contributed by atoms with Crippen molar-refractivity contribution < 1.29 is 19.0 Å². The number of halogens is 1. The van der Waals surface area contributed by atoms with Crippen LogP contribution in [0.3, 0.4) is 0 Å². The second kappa shape index (κ2) is 4.75. The SMILES string of the molecule is CNCC(=O)c1c(O)cc(F)cc1OC. The number of methoxy groups -OCH3 is 1. The first-order chi connectivity index (χ1) is 7.10. The van der Waals surface area contributed by atoms with Crippen molar-refractivity contribution in [2.24, 2.45) is 0 Å². The summed E-state index contributed by atoms with van der Waals surface area (Å²) in [5.41, 5.74) is -0.00625. The summed E-state index contributed by atoms with van der Waals surface area (Å²) < 4.78 is 17.7. The lowest BCUT2D eigenvalue weighted by Gasteiger charge is -2.09. The number of hydrogen-bond donors (Lipinski definition) is 2. The predicted octanol–water partition coefficient (Wildman–Crippen LogP) is 0.942. The van der Waals surface area contributed by atoms with Crippen molar-refractivity contribution in [3.8, 4) is 11.5 Å². The Kier molecular flexibility index (Phi) is 3.62. The van der Waals surface area contributed by atoms with Crippen LogP contribution in [-0.4, -0.2) is 31.6 Å². The van der Waals surface area contributed by atoms with Crippen molar-refractivity contribution >= 4 is 5.78 Å². The first-order valence-electron chi connectivity index (χ1n) is 4.34. The molecule has 15 heavy (non-hydrogen) atoms. The first kappa shape index (κ1) is 11.5. The van der Waals surface area contributed by atoms with Crippen LogP contribution < -0.4 is 10.1 Å². The zero-order valence-corrected chi connectivity index (χ0v) is 8.50. The highest BCUT2D eigenvalue weighted by atomic mass is 19.1. The number of nitrogens with one attached hydrogen (secondary N) is 1. The predicted molar refractivity (Wildman–Crippen MR) is 52.9 cm³/mol. The molecule has 0 fully saturated rings. The van der Waals surface area contributed by atoms with Crippen LogP contribution in [0.4, 0.5) is 4.39 Å². The van der Waals surface area contributed by atoms with Gasteiger partial charge in [-0.2, -0.15) is 0 Å². The second-order valence-electron chi connectivity index (χ2n) is 2.96. The van der Waals surface area contributed by atoms with Gasteiger partial charge in [0.15, 0.2) is 5.78 Å². The van der Waals surface area contributed by atoms with E-state index in [9.17, 15) is 14.3 Å². The molecule has 0 saturated carbocycles. The smallest absolute Gasteiger partial charge is 0.184 e. The van der Waals surface area contributed by atoms with Crippen molar-refractivity contribution in [2.75, 3.05) is 20.7 Å². The molecule has 4 nitrogen and oxygen atoms in total. The Morgan fingerprint density at radius 2 is 2.27 bits per heavy atom. The van der Waals surface area contributed by atoms with Gasteiger partial charge in [0.25, 0.3) is 0 Å². The highest BCUT2D eigenvalue weighted by molar-refractivity contribution is 6.02. The van der Waals surface area contributed by atoms with Gasteiger partial charge in [0.1, 0.15) is 22.9 Å². The molecule has 0 saturated heterocycles. The lowest BCUT2D eigenvalue weighted by Crippen LogP contribution is -2.19. The molecule has 1 aromatic rings. The van der Waals surface area contributed by atoms with E-state index in [2.05, 4.69) is 5.32 Å². The average Bonchev–Trinajstić information content (AvgIpc) is 2.16. The standard InChI is InChI=1S/C10H12FNO3/c1-12-5-8(14)10-7(13)3-6(11)4-9(10)15-2/h3-4,12-13H,5H2,1-2H3. The van der Waals surface area contributed by atoms with Gasteiger partial charge in [-0.3, -0.25) is 4.79 Å². The van der Waals surface area contributed by atoms with Gasteiger partial charge in [-0.05, 0) is 7.05 Å². The third-order valence-electron chi connectivity index (χ3n) is 1.88. The second-order valence-corrected chi connectivity index (χ2v) is 2.96. The molecule has 0 aliphatic carbocycles. The fourth-order valence-electron chi connectivity index (χ4n) is 1.26. The Morgan fingerprint density at radius 1 is 1.60 bits per heavy atom. The molecule has 0 aliphatic rings. The first-order valence-corrected chi connectivity index (χ1v) is 4.34. The fraction of sp³-hybridized carbons (Fsp3) is 0.300. The molecule has 0 heterocycles. The molecule has 0 radical (unpaired) electrons. The van der Waals surface area contributed by atoms with E-state index in [1.807, 2.05) is 0 Å². The lowest BCUT2D eigenvalue weighted by molar-refractivity contribution is 0.0988. The van der Waals surface area contributed by atoms with Crippen molar-refractivity contribution in [1.82, 2.24) is 5.32 Å². The van der Waals surface area contributed by atoms with Crippen molar-refractivity contribution in [2.45, 2.75) is 0 Å². The number of likely N-dealkylation sites (N-methyl/N-ethyl adjacent to an activating group) is 1. The number of rotatable bonds is 4. The molecule has 0 aliphatic heterocycles. The summed E-state index contributed by atoms with van der Waals surface area (Å²) >= 11 is 0. The fourth-order valence-corrected chi connectivity index (χ4v) is 1.26. The van der Waals surface area contributed by atoms with Crippen LogP contribution in [0.5, 0.6) is 11.5 Å². The molecule has 0 aromatic heterocycles. The molecule has 5 heteroatoms. The van der Waals surface area contributed by atoms with Crippen LogP contribution in [-0.2, 0) is 0 Å². The summed E-state index contributed by atoms with van der Waals surface area (Å²) in [6, 6.07) is 1.94. The Morgan fingerprint density at radius 3 is 2.80 bits per heavy atom. The Labute approximate surface area is 86.7 Å². The third-order valence-corrected chi connectivity index (χ3v) is 1.88. The molecule has 0 atom stereocenters. The summed E-state index contributed by atoms with van der Waals surface area (Å²) in [6.07, 6.45) is 0. The van der Waals surface area contributed by atoms with Crippen LogP contribution in [0.1, 0.15) is 10.4 Å². The molecule has 0 amide bonds. The summed E-state index contributed by atoms with van der Waals surface area (Å²) in [6.45, 7) is 0.0511. The van der Waals surface area contributed by atoms with E-state index < -0.39 is 11.6 Å². The van der Waals surface area contributed by atoms with Gasteiger partial charge in [-0.1, -0.05) is 0 Å². The number of carbonyl (C=O) groups excluding carboxylic acids is 1. The lowest BCUT2D eigenvalue weighted by atomic mass is 10.1. The van der Waals surface area contributed by atoms with Gasteiger partial charge in [0.2, 0.25) is 0 Å². The maximum Gasteiger partial charge on any atom is 0.184 e. The monoisotopic (exact) mass is 213 g/mol. The van der Waals surface area contributed by atoms with Crippen molar-refractivity contribution in [3.63, 3.8) is 0 Å². The highest BCUT2D eigenvalue weighted by Gasteiger charge is 2.17. The molecule has 0 spiro atoms. The summed E-state index contributed by atoms with van der Waals surface area (Å²) in [5, 5.41) is 12.1. The van der Waals surface area contributed by atoms with Crippen molar-refractivity contribution in [3.05, 3.63) is 23.5 Å². The van der Waals surface area contributed by atoms with Gasteiger partial charge in [-0.25, -0.2) is 4.39 Å². The van der Waals surface area contributed by atoms with E-state index in [0.29, 0.717) is 0 Å². The van der Waals surface area contributed by atoms with Gasteiger partial charge in [-0.15, -0.1) is 0 Å². The zero-order chi connectivity index (χ0) is 11.4. The van der Waals surface area contributed by atoms with Crippen LogP contribution in [0.2, 0.25) is 0 Å². The average molecular weight is 213 g/mol. The number of hydrogen-bond acceptors (Lipinski definition) is 4. The van der Waals surface area contributed by atoms with Crippen LogP contribution in [0, 0.1) is 5.82 Å². The number of ketones is 1. The molecule has 1 rings (SSSR count). The number of aromatic hydroxyl groups is 1. The maximum atomic E-state index is 12.9. The Bertz CT molecular complexity index is 379. The van der Waals surface area contributed by atoms with Crippen LogP contribution in [0.25, 0.3) is 0 Å². The Balaban J connectivity index is 3.20. The minimum atomic E-state index is -0.648. The number of ether oxygens (including phenoxy) is 1. The van der Waals surface area contributed by atoms with Gasteiger partial charge in [0, 0.05) is 12.1 Å². The van der Waals surface area contributed by atoms with Gasteiger partial charge < -0.3 is 15.2 Å². The van der Waals surface area contributed by atoms with Crippen LogP contribution in [0.15, 0.2) is 12.1 Å². The summed E-state index contributed by atoms with van der Waals surface area (Å²) in [5.74, 6) is -1.38. The zero-order valence-electron chi connectivity index (χ0n) is 8.50. The quantitative estimate of drug-likeness (QED) is 0.731. The molecular formula is C10H12FNO3. The minimum Gasteiger partial charge on any atom is -0.507 e. The molecule has 2 N–H and O–H groups in total. The third kappa shape index (κ3) is 2.44. The molecule has 82 valence electrons. The van der Waals surface area contributed by atoms with Crippen molar-refractivity contribution in [1.29, 1.82) is 0 Å². The number of Topliss-reactive ketones (excluding diaryl/α,β-unsaturated/α-hetero) is 1. The number of benzene rings is 1. The maximum absolute atomic E-state index is 12.9. The molecular weight excluding hydrogens is 201 g/mol. The van der Waals surface area contributed by atoms with E-state index >= 15 is 0 Å². The van der Waals surface area contributed by atoms with E-state index in [1.165, 1.54) is 7.11 Å². The number of phenolic OH excluding ortho intramolecular Hbond substituents is 1. The van der Waals surface area contributed by atoms with Gasteiger partial charge >= 0.3 is 0 Å². The highest BCUT2D eigenvalue weighted by Crippen LogP contribution is 2.29. The van der Waals surface area contributed by atoms with Gasteiger partial charge in [0.05, 0.1) is 13.7 Å². The molecule has 0 bridgehead atoms. The largest absolute Gasteiger partial charge is 0.507 e. The van der Waals surface area contributed by atoms with E-state index in [4.69, 9.17) is 4.74 Å². The number of phenols is 1. The Hall–Kier alpha value is -1.62. The molecule has 1 aromatic carbocycles. The topological polar surface area (TPSA) is 58.6 Å².